The van der Waals surface area contributed by atoms with Crippen molar-refractivity contribution >= 4 is 20.4 Å². The van der Waals surface area contributed by atoms with Crippen molar-refractivity contribution in [3.8, 4) is 0 Å². The van der Waals surface area contributed by atoms with Crippen LogP contribution in [0.3, 0.4) is 0 Å². The van der Waals surface area contributed by atoms with Gasteiger partial charge in [-0.05, 0) is 0 Å². The van der Waals surface area contributed by atoms with Crippen LogP contribution in [0, 0.1) is 0 Å². The number of benzene rings is 1. The first-order chi connectivity index (χ1) is 9.74. The summed E-state index contributed by atoms with van der Waals surface area (Å²) >= 11 is -0.980. The fourth-order valence-corrected chi connectivity index (χ4v) is 9.56. The van der Waals surface area contributed by atoms with E-state index in [0.29, 0.717) is 0 Å². The van der Waals surface area contributed by atoms with Crippen LogP contribution in [-0.2, 0) is 23.2 Å². The summed E-state index contributed by atoms with van der Waals surface area (Å²) in [6, 6.07) is 8.82. The summed E-state index contributed by atoms with van der Waals surface area (Å²) in [7, 11) is 0. The Labute approximate surface area is 162 Å². The zero-order valence-electron chi connectivity index (χ0n) is 12.9. The number of hydrogen-bond donors (Lipinski definition) is 0. The number of halogens is 2. The molecule has 1 heterocycles. The minimum absolute atomic E-state index is 0. The molecule has 2 atom stereocenters. The van der Waals surface area contributed by atoms with Crippen molar-refractivity contribution in [2.24, 2.45) is 0 Å². The molecule has 4 rings (SSSR count). The molecular formula is C18H20Cl2GeZr. The molecule has 0 amide bonds. The molecule has 0 spiro atoms. The first-order valence-electron chi connectivity index (χ1n) is 7.32. The summed E-state index contributed by atoms with van der Waals surface area (Å²) in [5, 5.41) is 0. The maximum atomic E-state index is 2.44. The molecule has 4 heteroatoms. The Morgan fingerprint density at radius 2 is 1.86 bits per heavy atom. The molecule has 0 nitrogen and oxygen atoms in total. The van der Waals surface area contributed by atoms with Crippen LogP contribution >= 0.6 is 0 Å². The van der Waals surface area contributed by atoms with Crippen LogP contribution in [0.5, 0.6) is 0 Å². The van der Waals surface area contributed by atoms with E-state index < -0.39 is 37.6 Å². The topological polar surface area (TPSA) is 0 Å². The number of rotatable bonds is 2. The van der Waals surface area contributed by atoms with Gasteiger partial charge in [-0.15, -0.1) is 0 Å². The standard InChI is InChI=1S/C9H7.C5H5.C4H8Ge.2ClH.Zr/c1-2-5-9-7-3-6-8(9)4-1;1-2-4-5-3-1;1-4-3-5(4)2;;;/h1-7H;1-3H,4H2;3,5H,1-2H3;2*1H;/q;;;;;+2/p-2. The second kappa shape index (κ2) is 9.47. The smallest absolute Gasteiger partial charge is 1.00 e. The number of hydrogen-bond acceptors (Lipinski definition) is 0. The van der Waals surface area contributed by atoms with Gasteiger partial charge in [0.15, 0.2) is 0 Å². The van der Waals surface area contributed by atoms with Crippen LogP contribution in [-0.4, -0.2) is 14.3 Å². The fourth-order valence-electron chi connectivity index (χ4n) is 2.48. The van der Waals surface area contributed by atoms with Gasteiger partial charge in [0.2, 0.25) is 0 Å². The van der Waals surface area contributed by atoms with E-state index in [4.69, 9.17) is 0 Å². The SMILES string of the molecule is C1=CC[C]([Zr+2][CH]2C=Cc3ccccc32)=C1.C[C]1=[CH][GeH]1[CH3].[Cl-].[Cl-]. The zero-order chi connectivity index (χ0) is 13.9. The van der Waals surface area contributed by atoms with E-state index in [2.05, 4.69) is 72.2 Å². The molecule has 3 aliphatic rings. The molecule has 1 aromatic rings. The molecule has 0 radical (unpaired) electrons. The predicted molar refractivity (Wildman–Crippen MR) is 86.8 cm³/mol. The molecule has 0 bridgehead atoms. The Balaban J connectivity index is 0.000000299. The van der Waals surface area contributed by atoms with E-state index >= 15 is 0 Å². The van der Waals surface area contributed by atoms with Gasteiger partial charge in [0.1, 0.15) is 0 Å². The molecule has 22 heavy (non-hydrogen) atoms. The molecular weight excluding hydrogens is 451 g/mol. The quantitative estimate of drug-likeness (QED) is 0.465. The monoisotopic (exact) mass is 470 g/mol. The molecule has 0 saturated heterocycles. The second-order valence-corrected chi connectivity index (χ2v) is 15.4. The largest absolute Gasteiger partial charge is 1.00 e. The van der Waals surface area contributed by atoms with Gasteiger partial charge in [-0.25, -0.2) is 0 Å². The van der Waals surface area contributed by atoms with E-state index in [-0.39, 0.29) is 24.8 Å². The van der Waals surface area contributed by atoms with Crippen LogP contribution in [0.2, 0.25) is 5.76 Å². The Bertz CT molecular complexity index is 632. The van der Waals surface area contributed by atoms with Crippen LogP contribution in [0.1, 0.15) is 28.1 Å². The average molecular weight is 471 g/mol. The van der Waals surface area contributed by atoms with Crippen molar-refractivity contribution in [1.82, 2.24) is 0 Å². The van der Waals surface area contributed by atoms with Gasteiger partial charge in [0.25, 0.3) is 0 Å². The van der Waals surface area contributed by atoms with E-state index in [1.54, 1.807) is 13.3 Å². The Morgan fingerprint density at radius 1 is 1.18 bits per heavy atom. The molecule has 2 unspecified atom stereocenters. The van der Waals surface area contributed by atoms with Crippen LogP contribution in [0.25, 0.3) is 6.08 Å². The maximum absolute atomic E-state index is 2.44. The minimum atomic E-state index is -0.553. The summed E-state index contributed by atoms with van der Waals surface area (Å²) in [5.74, 6) is 2.39. The Hall–Kier alpha value is 0.186. The van der Waals surface area contributed by atoms with Crippen LogP contribution in [0.15, 0.2) is 61.2 Å². The van der Waals surface area contributed by atoms with Crippen molar-refractivity contribution in [3.63, 3.8) is 0 Å². The fraction of sp³-hybridized carbons (Fsp3) is 0.222. The van der Waals surface area contributed by atoms with Gasteiger partial charge >= 0.3 is 139 Å². The van der Waals surface area contributed by atoms with E-state index in [9.17, 15) is 0 Å². The summed E-state index contributed by atoms with van der Waals surface area (Å²) in [4.78, 5) is 2.44. The first kappa shape index (κ1) is 20.2. The van der Waals surface area contributed by atoms with E-state index in [1.807, 2.05) is 0 Å². The van der Waals surface area contributed by atoms with Gasteiger partial charge in [-0.3, -0.25) is 0 Å². The zero-order valence-corrected chi connectivity index (χ0v) is 19.3. The molecule has 0 aromatic heterocycles. The molecule has 2 aliphatic carbocycles. The predicted octanol–water partition coefficient (Wildman–Crippen LogP) is -1.43. The van der Waals surface area contributed by atoms with E-state index in [1.165, 1.54) is 12.0 Å². The summed E-state index contributed by atoms with van der Waals surface area (Å²) in [5.41, 5.74) is 3.01. The third-order valence-corrected chi connectivity index (χ3v) is 12.6. The molecule has 114 valence electrons. The summed E-state index contributed by atoms with van der Waals surface area (Å²) in [6.45, 7) is 2.24. The average Bonchev–Trinajstić information content (AvgIpc) is 2.93. The Morgan fingerprint density at radius 3 is 2.45 bits per heavy atom. The third kappa shape index (κ3) is 5.37. The molecule has 0 N–H and O–H groups in total. The first-order valence-corrected chi connectivity index (χ1v) is 15.0. The maximum Gasteiger partial charge on any atom is -1.00 e. The van der Waals surface area contributed by atoms with Crippen LogP contribution in [0.4, 0.5) is 0 Å². The number of allylic oxidation sites excluding steroid dienone is 6. The van der Waals surface area contributed by atoms with Gasteiger partial charge in [0, 0.05) is 0 Å². The Kier molecular flexibility index (Phi) is 8.71. The van der Waals surface area contributed by atoms with Crippen molar-refractivity contribution in [2.45, 2.75) is 22.7 Å². The number of fused-ring (bicyclic) bond motifs is 1. The minimum Gasteiger partial charge on any atom is -1.00 e. The third-order valence-electron chi connectivity index (χ3n) is 4.03. The van der Waals surface area contributed by atoms with Gasteiger partial charge in [0.05, 0.1) is 0 Å². The van der Waals surface area contributed by atoms with Gasteiger partial charge in [-0.1, -0.05) is 0 Å². The van der Waals surface area contributed by atoms with Crippen molar-refractivity contribution in [1.29, 1.82) is 0 Å². The molecule has 1 aliphatic heterocycles. The van der Waals surface area contributed by atoms with Gasteiger partial charge < -0.3 is 24.8 Å². The molecule has 1 aromatic carbocycles. The van der Waals surface area contributed by atoms with E-state index in [0.717, 1.165) is 3.63 Å². The van der Waals surface area contributed by atoms with Gasteiger partial charge in [-0.2, -0.15) is 0 Å². The molecule has 0 fully saturated rings. The summed E-state index contributed by atoms with van der Waals surface area (Å²) < 4.78 is 4.23. The van der Waals surface area contributed by atoms with Crippen LogP contribution < -0.4 is 24.8 Å². The normalized spacial score (nSPS) is 22.1. The molecule has 0 saturated carbocycles. The van der Waals surface area contributed by atoms with Crippen molar-refractivity contribution < 1.29 is 48.0 Å². The van der Waals surface area contributed by atoms with Crippen molar-refractivity contribution in [3.05, 3.63) is 72.3 Å². The second-order valence-electron chi connectivity index (χ2n) is 5.63. The summed E-state index contributed by atoms with van der Waals surface area (Å²) in [6.07, 6.45) is 12.8. The van der Waals surface area contributed by atoms with Crippen molar-refractivity contribution in [2.75, 3.05) is 0 Å².